The van der Waals surface area contributed by atoms with Crippen molar-refractivity contribution < 1.29 is 4.74 Å². The first-order valence-corrected chi connectivity index (χ1v) is 10.4. The molecule has 3 heterocycles. The Balaban J connectivity index is 1.61. The number of fused-ring (bicyclic) bond motifs is 1. The number of anilines is 1. The van der Waals surface area contributed by atoms with Gasteiger partial charge in [0.1, 0.15) is 11.6 Å². The van der Waals surface area contributed by atoms with Crippen molar-refractivity contribution in [2.45, 2.75) is 53.0 Å². The highest BCUT2D eigenvalue weighted by Gasteiger charge is 2.25. The van der Waals surface area contributed by atoms with E-state index in [9.17, 15) is 0 Å². The molecule has 0 radical (unpaired) electrons. The van der Waals surface area contributed by atoms with Gasteiger partial charge in [0.2, 0.25) is 5.95 Å². The fraction of sp³-hybridized carbons (Fsp3) is 0.500. The van der Waals surface area contributed by atoms with Gasteiger partial charge in [-0.15, -0.1) is 10.2 Å². The third-order valence-corrected chi connectivity index (χ3v) is 6.05. The van der Waals surface area contributed by atoms with Crippen molar-refractivity contribution in [1.82, 2.24) is 25.0 Å². The Labute approximate surface area is 172 Å². The highest BCUT2D eigenvalue weighted by Crippen LogP contribution is 2.31. The smallest absolute Gasteiger partial charge is 0.227 e. The summed E-state index contributed by atoms with van der Waals surface area (Å²) in [4.78, 5) is 2.38. The second-order valence-corrected chi connectivity index (χ2v) is 7.91. The third-order valence-electron chi connectivity index (χ3n) is 6.05. The molecule has 0 bridgehead atoms. The second-order valence-electron chi connectivity index (χ2n) is 7.91. The first kappa shape index (κ1) is 19.5. The van der Waals surface area contributed by atoms with Gasteiger partial charge >= 0.3 is 0 Å². The molecule has 1 aliphatic heterocycles. The Hall–Kier alpha value is -2.83. The number of hydrogen-bond donors (Lipinski definition) is 1. The van der Waals surface area contributed by atoms with Gasteiger partial charge in [-0.2, -0.15) is 5.10 Å². The third kappa shape index (κ3) is 3.61. The van der Waals surface area contributed by atoms with Crippen molar-refractivity contribution in [3.63, 3.8) is 0 Å². The van der Waals surface area contributed by atoms with Crippen LogP contribution in [-0.4, -0.2) is 45.2 Å². The van der Waals surface area contributed by atoms with Gasteiger partial charge < -0.3 is 9.64 Å². The number of ether oxygens (including phenoxy) is 1. The lowest BCUT2D eigenvalue weighted by Gasteiger charge is -2.24. The first-order chi connectivity index (χ1) is 14.0. The zero-order chi connectivity index (χ0) is 20.5. The fourth-order valence-electron chi connectivity index (χ4n) is 4.35. The number of nitrogens with one attached hydrogen (secondary N) is 1. The quantitative estimate of drug-likeness (QED) is 0.718. The second kappa shape index (κ2) is 7.89. The zero-order valence-corrected chi connectivity index (χ0v) is 18.0. The average Bonchev–Trinajstić information content (AvgIpc) is 3.23. The molecule has 0 fully saturated rings. The maximum absolute atomic E-state index is 5.44. The molecule has 0 spiro atoms. The van der Waals surface area contributed by atoms with Gasteiger partial charge in [-0.25, -0.2) is 0 Å². The van der Waals surface area contributed by atoms with Crippen molar-refractivity contribution >= 4 is 5.95 Å². The Kier molecular flexibility index (Phi) is 5.30. The van der Waals surface area contributed by atoms with Gasteiger partial charge in [0.15, 0.2) is 0 Å². The number of aryl methyl sites for hydroxylation is 2. The molecule has 0 aliphatic carbocycles. The summed E-state index contributed by atoms with van der Waals surface area (Å²) >= 11 is 0. The van der Waals surface area contributed by atoms with Crippen molar-refractivity contribution in [3.05, 3.63) is 52.1 Å². The number of rotatable bonds is 5. The van der Waals surface area contributed by atoms with Crippen LogP contribution in [0.3, 0.4) is 0 Å². The van der Waals surface area contributed by atoms with Crippen LogP contribution in [0.1, 0.15) is 53.7 Å². The van der Waals surface area contributed by atoms with Crippen molar-refractivity contribution in [3.8, 4) is 5.75 Å². The molecule has 1 unspecified atom stereocenters. The van der Waals surface area contributed by atoms with Gasteiger partial charge in [0.25, 0.3) is 0 Å². The molecule has 1 aromatic carbocycles. The van der Waals surface area contributed by atoms with Crippen LogP contribution in [0.25, 0.3) is 0 Å². The SMILES string of the molecule is CCn1c(Cc2c(C)n[nH]c2C)nnc1N1CCc2ccc(OC)cc2C(C)C1. The highest BCUT2D eigenvalue weighted by atomic mass is 16.5. The maximum atomic E-state index is 5.44. The topological polar surface area (TPSA) is 71.9 Å². The largest absolute Gasteiger partial charge is 0.497 e. The van der Waals surface area contributed by atoms with Crippen molar-refractivity contribution in [2.75, 3.05) is 25.1 Å². The van der Waals surface area contributed by atoms with Crippen molar-refractivity contribution in [1.29, 1.82) is 0 Å². The minimum absolute atomic E-state index is 0.395. The number of methoxy groups -OCH3 is 1. The summed E-state index contributed by atoms with van der Waals surface area (Å²) < 4.78 is 7.69. The molecule has 0 saturated heterocycles. The first-order valence-electron chi connectivity index (χ1n) is 10.4. The average molecular weight is 395 g/mol. The van der Waals surface area contributed by atoms with E-state index < -0.39 is 0 Å². The lowest BCUT2D eigenvalue weighted by molar-refractivity contribution is 0.414. The summed E-state index contributed by atoms with van der Waals surface area (Å²) in [6.07, 6.45) is 1.74. The van der Waals surface area contributed by atoms with Crippen LogP contribution in [-0.2, 0) is 19.4 Å². The van der Waals surface area contributed by atoms with Crippen LogP contribution >= 0.6 is 0 Å². The molecule has 29 heavy (non-hydrogen) atoms. The molecular formula is C22H30N6O. The predicted octanol–water partition coefficient (Wildman–Crippen LogP) is 3.40. The van der Waals surface area contributed by atoms with E-state index in [0.29, 0.717) is 5.92 Å². The predicted molar refractivity (Wildman–Crippen MR) is 114 cm³/mol. The summed E-state index contributed by atoms with van der Waals surface area (Å²) in [5.41, 5.74) is 6.11. The van der Waals surface area contributed by atoms with Crippen LogP contribution in [0.2, 0.25) is 0 Å². The number of nitrogens with zero attached hydrogens (tertiary/aromatic N) is 5. The van der Waals surface area contributed by atoms with E-state index in [-0.39, 0.29) is 0 Å². The normalized spacial score (nSPS) is 16.6. The summed E-state index contributed by atoms with van der Waals surface area (Å²) in [5, 5.41) is 16.6. The Bertz CT molecular complexity index is 985. The van der Waals surface area contributed by atoms with Crippen LogP contribution in [0.4, 0.5) is 5.95 Å². The van der Waals surface area contributed by atoms with E-state index in [4.69, 9.17) is 4.74 Å². The molecule has 0 amide bonds. The van der Waals surface area contributed by atoms with E-state index in [2.05, 4.69) is 68.8 Å². The van der Waals surface area contributed by atoms with Gasteiger partial charge in [0, 0.05) is 37.3 Å². The van der Waals surface area contributed by atoms with E-state index in [1.807, 2.05) is 6.92 Å². The van der Waals surface area contributed by atoms with Crippen LogP contribution in [0.15, 0.2) is 18.2 Å². The minimum Gasteiger partial charge on any atom is -0.497 e. The number of hydrogen-bond acceptors (Lipinski definition) is 5. The van der Waals surface area contributed by atoms with Crippen LogP contribution < -0.4 is 9.64 Å². The molecule has 1 atom stereocenters. The monoisotopic (exact) mass is 394 g/mol. The number of aromatic nitrogens is 5. The van der Waals surface area contributed by atoms with E-state index in [1.54, 1.807) is 7.11 Å². The molecule has 4 rings (SSSR count). The van der Waals surface area contributed by atoms with Gasteiger partial charge in [0.05, 0.1) is 12.8 Å². The van der Waals surface area contributed by atoms with E-state index in [0.717, 1.165) is 61.4 Å². The Morgan fingerprint density at radius 3 is 2.76 bits per heavy atom. The van der Waals surface area contributed by atoms with Crippen LogP contribution in [0, 0.1) is 13.8 Å². The van der Waals surface area contributed by atoms with Gasteiger partial charge in [-0.05, 0) is 56.4 Å². The van der Waals surface area contributed by atoms with Gasteiger partial charge in [-0.1, -0.05) is 13.0 Å². The lowest BCUT2D eigenvalue weighted by Crippen LogP contribution is -2.30. The number of H-pyrrole nitrogens is 1. The fourth-order valence-corrected chi connectivity index (χ4v) is 4.35. The van der Waals surface area contributed by atoms with Crippen molar-refractivity contribution in [2.24, 2.45) is 0 Å². The molecule has 1 aliphatic rings. The molecule has 1 N–H and O–H groups in total. The summed E-state index contributed by atoms with van der Waals surface area (Å²) in [5.74, 6) is 3.28. The molecule has 2 aromatic heterocycles. The molecule has 154 valence electrons. The summed E-state index contributed by atoms with van der Waals surface area (Å²) in [6, 6.07) is 6.45. The molecule has 3 aromatic rings. The molecule has 0 saturated carbocycles. The summed E-state index contributed by atoms with van der Waals surface area (Å²) in [6.45, 7) is 11.2. The van der Waals surface area contributed by atoms with Gasteiger partial charge in [-0.3, -0.25) is 9.67 Å². The van der Waals surface area contributed by atoms with Crippen LogP contribution in [0.5, 0.6) is 5.75 Å². The zero-order valence-electron chi connectivity index (χ0n) is 18.0. The molecular weight excluding hydrogens is 364 g/mol. The lowest BCUT2D eigenvalue weighted by atomic mass is 9.95. The summed E-state index contributed by atoms with van der Waals surface area (Å²) in [7, 11) is 1.73. The Morgan fingerprint density at radius 2 is 2.07 bits per heavy atom. The molecule has 7 nitrogen and oxygen atoms in total. The van der Waals surface area contributed by atoms with E-state index in [1.165, 1.54) is 16.7 Å². The highest BCUT2D eigenvalue weighted by molar-refractivity contribution is 5.43. The molecule has 7 heteroatoms. The number of aromatic amines is 1. The minimum atomic E-state index is 0.395. The Morgan fingerprint density at radius 1 is 1.24 bits per heavy atom. The van der Waals surface area contributed by atoms with E-state index >= 15 is 0 Å². The maximum Gasteiger partial charge on any atom is 0.227 e. The standard InChI is InChI=1S/C22H30N6O/c1-6-28-21(12-20-15(3)23-24-16(20)4)25-26-22(28)27-10-9-17-7-8-18(29-5)11-19(17)14(2)13-27/h7-8,11,14H,6,9-10,12-13H2,1-5H3,(H,23,24). The number of benzene rings is 1.